The highest BCUT2D eigenvalue weighted by molar-refractivity contribution is 7.26. The Bertz CT molecular complexity index is 3760. The largest absolute Gasteiger partial charge is 0.309 e. The van der Waals surface area contributed by atoms with Crippen LogP contribution in [-0.2, 0) is 0 Å². The first-order chi connectivity index (χ1) is 29.2. The van der Waals surface area contributed by atoms with Crippen molar-refractivity contribution in [3.63, 3.8) is 0 Å². The maximum atomic E-state index is 5.37. The molecular weight excluding hydrogens is 755 g/mol. The van der Waals surface area contributed by atoms with Crippen LogP contribution in [0.2, 0.25) is 0 Å². The van der Waals surface area contributed by atoms with Crippen molar-refractivity contribution < 1.29 is 0 Å². The van der Waals surface area contributed by atoms with Crippen LogP contribution in [0.5, 0.6) is 0 Å². The maximum Gasteiger partial charge on any atom is 0.160 e. The Morgan fingerprint density at radius 3 is 1.64 bits per heavy atom. The van der Waals surface area contributed by atoms with Crippen molar-refractivity contribution >= 4 is 106 Å². The molecule has 0 saturated heterocycles. The van der Waals surface area contributed by atoms with E-state index in [-0.39, 0.29) is 0 Å². The number of fused-ring (bicyclic) bond motifs is 13. The number of nitrogens with zero attached hydrogens (tertiary/aromatic N) is 3. The predicted octanol–water partition coefficient (Wildman–Crippen LogP) is 15.6. The fraction of sp³-hybridized carbons (Fsp3) is 0. The topological polar surface area (TPSA) is 30.7 Å². The lowest BCUT2D eigenvalue weighted by atomic mass is 10.00. The van der Waals surface area contributed by atoms with Crippen molar-refractivity contribution in [2.75, 3.05) is 0 Å². The van der Waals surface area contributed by atoms with Gasteiger partial charge in [-0.15, -0.1) is 22.7 Å². The lowest BCUT2D eigenvalue weighted by Gasteiger charge is -2.12. The molecule has 13 aromatic rings. The summed E-state index contributed by atoms with van der Waals surface area (Å²) in [7, 11) is 0. The second kappa shape index (κ2) is 12.7. The Kier molecular flexibility index (Phi) is 7.05. The van der Waals surface area contributed by atoms with Gasteiger partial charge in [-0.1, -0.05) is 121 Å². The number of hydrogen-bond donors (Lipinski definition) is 0. The molecule has 59 heavy (non-hydrogen) atoms. The minimum absolute atomic E-state index is 0.705. The minimum Gasteiger partial charge on any atom is -0.309 e. The zero-order valence-electron chi connectivity index (χ0n) is 31.6. The molecular formula is C54H31N3S2. The molecule has 3 nitrogen and oxygen atoms in total. The molecule has 5 heteroatoms. The average molecular weight is 786 g/mol. The quantitative estimate of drug-likeness (QED) is 0.178. The first-order valence-electron chi connectivity index (χ1n) is 19.9. The summed E-state index contributed by atoms with van der Waals surface area (Å²) in [6.07, 6.45) is 0. The molecule has 0 atom stereocenters. The van der Waals surface area contributed by atoms with Crippen LogP contribution in [0.25, 0.3) is 123 Å². The van der Waals surface area contributed by atoms with E-state index in [0.717, 1.165) is 33.8 Å². The number of hydrogen-bond acceptors (Lipinski definition) is 4. The number of thiophene rings is 2. The van der Waals surface area contributed by atoms with Gasteiger partial charge in [0.1, 0.15) is 0 Å². The first kappa shape index (κ1) is 32.9. The highest BCUT2D eigenvalue weighted by atomic mass is 32.1. The molecule has 0 aliphatic carbocycles. The Morgan fingerprint density at radius 1 is 0.373 bits per heavy atom. The normalized spacial score (nSPS) is 12.1. The third-order valence-corrected chi connectivity index (χ3v) is 14.4. The molecule has 0 spiro atoms. The van der Waals surface area contributed by atoms with E-state index >= 15 is 0 Å². The molecule has 0 aliphatic rings. The van der Waals surface area contributed by atoms with Crippen LogP contribution in [0.15, 0.2) is 188 Å². The molecule has 0 aliphatic heterocycles. The molecule has 0 bridgehead atoms. The van der Waals surface area contributed by atoms with Crippen LogP contribution in [0.1, 0.15) is 0 Å². The zero-order valence-corrected chi connectivity index (χ0v) is 33.2. The summed E-state index contributed by atoms with van der Waals surface area (Å²) in [5, 5.41) is 12.7. The smallest absolute Gasteiger partial charge is 0.160 e. The van der Waals surface area contributed by atoms with Gasteiger partial charge in [0, 0.05) is 73.5 Å². The van der Waals surface area contributed by atoms with Gasteiger partial charge < -0.3 is 4.57 Å². The number of benzene rings is 9. The van der Waals surface area contributed by atoms with Crippen molar-refractivity contribution in [1.82, 2.24) is 14.5 Å². The Labute approximate surface area is 346 Å². The second-order valence-corrected chi connectivity index (χ2v) is 17.4. The lowest BCUT2D eigenvalue weighted by Crippen LogP contribution is -1.97. The highest BCUT2D eigenvalue weighted by Gasteiger charge is 2.19. The predicted molar refractivity (Wildman–Crippen MR) is 253 cm³/mol. The van der Waals surface area contributed by atoms with E-state index in [2.05, 4.69) is 193 Å². The maximum absolute atomic E-state index is 5.37. The van der Waals surface area contributed by atoms with E-state index in [0.29, 0.717) is 5.82 Å². The Morgan fingerprint density at radius 2 is 0.932 bits per heavy atom. The molecule has 9 aromatic carbocycles. The Hall–Kier alpha value is -7.18. The standard InChI is InChI=1S/C54H31N3S2/c1-3-12-37-32(10-1)22-27-46-51(37)52-38-13-4-2-11-33(38)23-28-47(52)57(46)36-25-20-34(21-26-36)54-55-44(35-24-29-50-43(30-35)40-15-6-7-18-48(40)58-50)31-45(56-54)42-17-9-16-41-39-14-5-8-19-49(39)59-53(41)42/h1-31H. The second-order valence-electron chi connectivity index (χ2n) is 15.3. The molecule has 0 N–H and O–H groups in total. The van der Waals surface area contributed by atoms with Gasteiger partial charge in [-0.25, -0.2) is 9.97 Å². The third-order valence-electron chi connectivity index (χ3n) is 12.0. The van der Waals surface area contributed by atoms with E-state index in [9.17, 15) is 0 Å². The van der Waals surface area contributed by atoms with Crippen LogP contribution in [0.3, 0.4) is 0 Å². The van der Waals surface area contributed by atoms with Crippen molar-refractivity contribution in [1.29, 1.82) is 0 Å². The van der Waals surface area contributed by atoms with Crippen LogP contribution in [0.4, 0.5) is 0 Å². The summed E-state index contributed by atoms with van der Waals surface area (Å²) < 4.78 is 7.51. The molecule has 274 valence electrons. The van der Waals surface area contributed by atoms with Crippen LogP contribution >= 0.6 is 22.7 Å². The summed E-state index contributed by atoms with van der Waals surface area (Å²) in [5.41, 5.74) is 8.48. The molecule has 0 fully saturated rings. The van der Waals surface area contributed by atoms with Crippen molar-refractivity contribution in [3.8, 4) is 39.6 Å². The van der Waals surface area contributed by atoms with E-state index < -0.39 is 0 Å². The SMILES string of the molecule is c1ccc2c(c1)ccc1c2c2c3ccccc3ccc2n1-c1ccc(-c2nc(-c3ccc4sc5ccccc5c4c3)cc(-c3cccc4c3sc3ccccc34)n2)cc1. The monoisotopic (exact) mass is 785 g/mol. The van der Waals surface area contributed by atoms with Gasteiger partial charge in [0.15, 0.2) is 5.82 Å². The van der Waals surface area contributed by atoms with E-state index in [1.54, 1.807) is 0 Å². The lowest BCUT2D eigenvalue weighted by molar-refractivity contribution is 1.17. The van der Waals surface area contributed by atoms with E-state index in [1.165, 1.54) is 83.7 Å². The molecule has 4 aromatic heterocycles. The van der Waals surface area contributed by atoms with Gasteiger partial charge in [-0.3, -0.25) is 0 Å². The molecule has 0 amide bonds. The van der Waals surface area contributed by atoms with Gasteiger partial charge in [0.2, 0.25) is 0 Å². The van der Waals surface area contributed by atoms with Gasteiger partial charge in [-0.05, 0) is 88.3 Å². The van der Waals surface area contributed by atoms with Gasteiger partial charge in [-0.2, -0.15) is 0 Å². The third kappa shape index (κ3) is 4.99. The molecule has 0 saturated carbocycles. The number of rotatable bonds is 4. The molecule has 0 unspecified atom stereocenters. The van der Waals surface area contributed by atoms with E-state index in [4.69, 9.17) is 9.97 Å². The summed E-state index contributed by atoms with van der Waals surface area (Å²) in [6.45, 7) is 0. The molecule has 13 rings (SSSR count). The van der Waals surface area contributed by atoms with Gasteiger partial charge >= 0.3 is 0 Å². The average Bonchev–Trinajstić information content (AvgIpc) is 3.98. The summed E-state index contributed by atoms with van der Waals surface area (Å²) in [4.78, 5) is 10.7. The fourth-order valence-electron chi connectivity index (χ4n) is 9.28. The van der Waals surface area contributed by atoms with Crippen molar-refractivity contribution in [2.24, 2.45) is 0 Å². The highest BCUT2D eigenvalue weighted by Crippen LogP contribution is 2.43. The minimum atomic E-state index is 0.705. The van der Waals surface area contributed by atoms with Gasteiger partial charge in [0.05, 0.1) is 22.4 Å². The van der Waals surface area contributed by atoms with Crippen LogP contribution in [-0.4, -0.2) is 14.5 Å². The van der Waals surface area contributed by atoms with Crippen LogP contribution < -0.4 is 0 Å². The number of aromatic nitrogens is 3. The van der Waals surface area contributed by atoms with Crippen molar-refractivity contribution in [2.45, 2.75) is 0 Å². The zero-order chi connectivity index (χ0) is 38.6. The fourth-order valence-corrected chi connectivity index (χ4v) is 11.6. The van der Waals surface area contributed by atoms with Gasteiger partial charge in [0.25, 0.3) is 0 Å². The van der Waals surface area contributed by atoms with Crippen LogP contribution in [0, 0.1) is 0 Å². The summed E-state index contributed by atoms with van der Waals surface area (Å²) >= 11 is 3.67. The molecule has 0 radical (unpaired) electrons. The summed E-state index contributed by atoms with van der Waals surface area (Å²) in [6, 6.07) is 68.3. The Balaban J connectivity index is 1.01. The summed E-state index contributed by atoms with van der Waals surface area (Å²) in [5.74, 6) is 0.705. The first-order valence-corrected chi connectivity index (χ1v) is 21.5. The van der Waals surface area contributed by atoms with Crippen molar-refractivity contribution in [3.05, 3.63) is 188 Å². The van der Waals surface area contributed by atoms with E-state index in [1.807, 2.05) is 22.7 Å². The molecule has 4 heterocycles.